The van der Waals surface area contributed by atoms with E-state index in [1.54, 1.807) is 24.4 Å². The molecule has 0 atom stereocenters. The highest BCUT2D eigenvalue weighted by Crippen LogP contribution is 2.24. The van der Waals surface area contributed by atoms with Crippen LogP contribution >= 0.6 is 27.5 Å². The molecule has 0 aliphatic carbocycles. The van der Waals surface area contributed by atoms with Crippen molar-refractivity contribution in [3.05, 3.63) is 39.6 Å². The fraction of sp³-hybridized carbons (Fsp3) is 0. The van der Waals surface area contributed by atoms with Crippen molar-refractivity contribution in [1.82, 2.24) is 15.0 Å². The second-order valence-electron chi connectivity index (χ2n) is 2.80. The van der Waals surface area contributed by atoms with Crippen molar-refractivity contribution in [2.75, 3.05) is 0 Å². The maximum absolute atomic E-state index is 10.4. The maximum Gasteiger partial charge on any atom is 0.171 e. The van der Waals surface area contributed by atoms with Gasteiger partial charge in [0.25, 0.3) is 0 Å². The molecule has 1 aromatic carbocycles. The Bertz CT molecular complexity index is 512. The molecule has 0 unspecified atom stereocenters. The van der Waals surface area contributed by atoms with Crippen molar-refractivity contribution in [2.24, 2.45) is 0 Å². The molecule has 1 aromatic heterocycles. The summed E-state index contributed by atoms with van der Waals surface area (Å²) in [6.45, 7) is 0. The highest BCUT2D eigenvalue weighted by atomic mass is 79.9. The van der Waals surface area contributed by atoms with Gasteiger partial charge >= 0.3 is 0 Å². The highest BCUT2D eigenvalue weighted by molar-refractivity contribution is 9.10. The summed E-state index contributed by atoms with van der Waals surface area (Å²) in [6, 6.07) is 5.28. The summed E-state index contributed by atoms with van der Waals surface area (Å²) in [6.07, 6.45) is 2.19. The number of carbonyl (C=O) groups excluding carboxylic acids is 1. The summed E-state index contributed by atoms with van der Waals surface area (Å²) in [7, 11) is 0. The van der Waals surface area contributed by atoms with Crippen LogP contribution < -0.4 is 0 Å². The Balaban J connectivity index is 2.49. The van der Waals surface area contributed by atoms with Gasteiger partial charge in [-0.3, -0.25) is 4.79 Å². The number of rotatable bonds is 2. The number of halogens is 2. The lowest BCUT2D eigenvalue weighted by Crippen LogP contribution is -1.95. The Morgan fingerprint density at radius 3 is 2.87 bits per heavy atom. The number of benzene rings is 1. The third-order valence-electron chi connectivity index (χ3n) is 1.79. The van der Waals surface area contributed by atoms with Gasteiger partial charge in [0.1, 0.15) is 5.69 Å². The molecule has 0 amide bonds. The summed E-state index contributed by atoms with van der Waals surface area (Å²) in [5.41, 5.74) is 1.07. The first-order chi connectivity index (χ1) is 7.20. The fourth-order valence-corrected chi connectivity index (χ4v) is 1.98. The molecule has 2 rings (SSSR count). The lowest BCUT2D eigenvalue weighted by Gasteiger charge is -2.02. The van der Waals surface area contributed by atoms with Gasteiger partial charge < -0.3 is 0 Å². The van der Waals surface area contributed by atoms with Gasteiger partial charge in [-0.1, -0.05) is 16.8 Å². The van der Waals surface area contributed by atoms with Crippen molar-refractivity contribution < 1.29 is 4.79 Å². The predicted octanol–water partition coefficient (Wildman–Crippen LogP) is 2.50. The number of hydrogen-bond donors (Lipinski definition) is 0. The minimum atomic E-state index is 0.289. The van der Waals surface area contributed by atoms with Crippen molar-refractivity contribution in [2.45, 2.75) is 0 Å². The monoisotopic (exact) mass is 285 g/mol. The van der Waals surface area contributed by atoms with E-state index in [1.807, 2.05) is 0 Å². The van der Waals surface area contributed by atoms with Gasteiger partial charge in [-0.25, -0.2) is 4.68 Å². The first-order valence-electron chi connectivity index (χ1n) is 4.03. The smallest absolute Gasteiger partial charge is 0.171 e. The first-order valence-corrected chi connectivity index (χ1v) is 5.21. The van der Waals surface area contributed by atoms with E-state index in [0.717, 1.165) is 10.2 Å². The quantitative estimate of drug-likeness (QED) is 0.797. The van der Waals surface area contributed by atoms with E-state index >= 15 is 0 Å². The Morgan fingerprint density at radius 2 is 2.27 bits per heavy atom. The normalized spacial score (nSPS) is 10.3. The van der Waals surface area contributed by atoms with Gasteiger partial charge in [0.15, 0.2) is 6.29 Å². The lowest BCUT2D eigenvalue weighted by molar-refractivity contribution is 0.111. The molecule has 0 saturated heterocycles. The zero-order valence-electron chi connectivity index (χ0n) is 7.39. The molecule has 0 aliphatic heterocycles. The molecular weight excluding hydrogens is 281 g/mol. The molecule has 4 nitrogen and oxygen atoms in total. The second kappa shape index (κ2) is 4.12. The SMILES string of the molecule is O=Cc1cn(-c2ccc(Cl)cc2Br)nn1. The Hall–Kier alpha value is -1.20. The Labute approximate surface area is 99.0 Å². The molecule has 2 aromatic rings. The van der Waals surface area contributed by atoms with Gasteiger partial charge in [0, 0.05) is 9.50 Å². The van der Waals surface area contributed by atoms with E-state index in [9.17, 15) is 4.79 Å². The number of hydrogen-bond acceptors (Lipinski definition) is 3. The topological polar surface area (TPSA) is 47.8 Å². The van der Waals surface area contributed by atoms with E-state index in [2.05, 4.69) is 26.2 Å². The lowest BCUT2D eigenvalue weighted by atomic mass is 10.3. The van der Waals surface area contributed by atoms with E-state index in [4.69, 9.17) is 11.6 Å². The number of aromatic nitrogens is 3. The van der Waals surface area contributed by atoms with Crippen LogP contribution in [0.5, 0.6) is 0 Å². The maximum atomic E-state index is 10.4. The molecule has 0 bridgehead atoms. The molecule has 0 radical (unpaired) electrons. The molecule has 0 saturated carbocycles. The average molecular weight is 287 g/mol. The molecule has 15 heavy (non-hydrogen) atoms. The first kappa shape index (κ1) is 10.3. The van der Waals surface area contributed by atoms with Crippen molar-refractivity contribution in [1.29, 1.82) is 0 Å². The van der Waals surface area contributed by atoms with Crippen LogP contribution in [0.25, 0.3) is 5.69 Å². The molecular formula is C9H5BrClN3O. The second-order valence-corrected chi connectivity index (χ2v) is 4.09. The van der Waals surface area contributed by atoms with E-state index in [-0.39, 0.29) is 5.69 Å². The standard InChI is InChI=1S/C9H5BrClN3O/c10-8-3-6(11)1-2-9(8)14-4-7(5-15)12-13-14/h1-5H. The molecule has 0 fully saturated rings. The van der Waals surface area contributed by atoms with E-state index < -0.39 is 0 Å². The van der Waals surface area contributed by atoms with E-state index in [1.165, 1.54) is 4.68 Å². The van der Waals surface area contributed by atoms with Crippen LogP contribution in [0.3, 0.4) is 0 Å². The van der Waals surface area contributed by atoms with Gasteiger partial charge in [-0.15, -0.1) is 5.10 Å². The minimum absolute atomic E-state index is 0.289. The van der Waals surface area contributed by atoms with Crippen LogP contribution in [0.4, 0.5) is 0 Å². The zero-order valence-corrected chi connectivity index (χ0v) is 9.73. The number of carbonyl (C=O) groups is 1. The van der Waals surface area contributed by atoms with Gasteiger partial charge in [0.2, 0.25) is 0 Å². The molecule has 76 valence electrons. The predicted molar refractivity (Wildman–Crippen MR) is 59.5 cm³/mol. The van der Waals surface area contributed by atoms with Crippen molar-refractivity contribution in [3.63, 3.8) is 0 Å². The molecule has 0 aliphatic rings. The van der Waals surface area contributed by atoms with Crippen LogP contribution in [-0.2, 0) is 0 Å². The van der Waals surface area contributed by atoms with Crippen LogP contribution in [-0.4, -0.2) is 21.3 Å². The third-order valence-corrected chi connectivity index (χ3v) is 2.66. The van der Waals surface area contributed by atoms with Gasteiger partial charge in [0.05, 0.1) is 11.9 Å². The number of aldehydes is 1. The largest absolute Gasteiger partial charge is 0.296 e. The van der Waals surface area contributed by atoms with Gasteiger partial charge in [-0.05, 0) is 34.1 Å². The van der Waals surface area contributed by atoms with Crippen molar-refractivity contribution in [3.8, 4) is 5.69 Å². The highest BCUT2D eigenvalue weighted by Gasteiger charge is 2.05. The Morgan fingerprint density at radius 1 is 1.47 bits per heavy atom. The average Bonchev–Trinajstić information content (AvgIpc) is 2.66. The fourth-order valence-electron chi connectivity index (χ4n) is 1.12. The van der Waals surface area contributed by atoms with Crippen LogP contribution in [0.1, 0.15) is 10.5 Å². The number of nitrogens with zero attached hydrogens (tertiary/aromatic N) is 3. The summed E-state index contributed by atoms with van der Waals surface area (Å²) in [4.78, 5) is 10.4. The summed E-state index contributed by atoms with van der Waals surface area (Å²) in [5, 5.41) is 8.10. The summed E-state index contributed by atoms with van der Waals surface area (Å²) >= 11 is 9.16. The minimum Gasteiger partial charge on any atom is -0.296 e. The Kier molecular flexibility index (Phi) is 2.83. The summed E-state index contributed by atoms with van der Waals surface area (Å²) in [5.74, 6) is 0. The van der Waals surface area contributed by atoms with Crippen LogP contribution in [0.15, 0.2) is 28.9 Å². The third kappa shape index (κ3) is 2.08. The molecule has 0 spiro atoms. The molecule has 0 N–H and O–H groups in total. The summed E-state index contributed by atoms with van der Waals surface area (Å²) < 4.78 is 2.29. The van der Waals surface area contributed by atoms with Crippen LogP contribution in [0.2, 0.25) is 5.02 Å². The molecule has 1 heterocycles. The van der Waals surface area contributed by atoms with Crippen LogP contribution in [0, 0.1) is 0 Å². The van der Waals surface area contributed by atoms with E-state index in [0.29, 0.717) is 11.3 Å². The van der Waals surface area contributed by atoms with Gasteiger partial charge in [-0.2, -0.15) is 0 Å². The molecule has 6 heteroatoms. The van der Waals surface area contributed by atoms with Crippen molar-refractivity contribution >= 4 is 33.8 Å². The zero-order chi connectivity index (χ0) is 10.8.